The molecule has 0 bridgehead atoms. The average molecular weight is 222 g/mol. The van der Waals surface area contributed by atoms with Crippen LogP contribution in [0.5, 0.6) is 5.75 Å². The molecule has 15 heavy (non-hydrogen) atoms. The van der Waals surface area contributed by atoms with Gasteiger partial charge in [-0.15, -0.1) is 0 Å². The fraction of sp³-hybridized carbons (Fsp3) is 0.250. The number of halogens is 3. The molecule has 1 rings (SSSR count). The van der Waals surface area contributed by atoms with Crippen molar-refractivity contribution in [2.24, 2.45) is 0 Å². The van der Waals surface area contributed by atoms with Crippen molar-refractivity contribution in [2.45, 2.75) is 6.18 Å². The lowest BCUT2D eigenvalue weighted by Gasteiger charge is -2.07. The molecular formula is C8H10BF3O3. The Morgan fingerprint density at radius 1 is 1.27 bits per heavy atom. The Hall–Kier alpha value is -1.21. The Morgan fingerprint density at radius 2 is 1.80 bits per heavy atom. The number of benzene rings is 1. The Balaban J connectivity index is 0.000000583. The first-order chi connectivity index (χ1) is 6.95. The second-order valence-electron chi connectivity index (χ2n) is 2.37. The molecule has 0 aliphatic rings. The van der Waals surface area contributed by atoms with Gasteiger partial charge in [0.15, 0.2) is 0 Å². The van der Waals surface area contributed by atoms with Gasteiger partial charge in [-0.1, -0.05) is 6.07 Å². The van der Waals surface area contributed by atoms with Gasteiger partial charge in [0, 0.05) is 0 Å². The minimum absolute atomic E-state index is 0.213. The molecule has 0 aliphatic carbocycles. The molecule has 0 unspecified atom stereocenters. The fourth-order valence-electron chi connectivity index (χ4n) is 0.799. The van der Waals surface area contributed by atoms with Crippen LogP contribution in [-0.4, -0.2) is 24.8 Å². The summed E-state index contributed by atoms with van der Waals surface area (Å²) in [6.45, 7) is 0. The largest absolute Gasteiger partial charge is 0.497 e. The summed E-state index contributed by atoms with van der Waals surface area (Å²) in [5.74, 6) is 0.213. The van der Waals surface area contributed by atoms with E-state index in [1.54, 1.807) is 0 Å². The smallest absolute Gasteiger partial charge is 0.432 e. The highest BCUT2D eigenvalue weighted by atomic mass is 19.4. The Kier molecular flexibility index (Phi) is 5.80. The van der Waals surface area contributed by atoms with Gasteiger partial charge in [-0.05, 0) is 18.2 Å². The number of rotatable bonds is 1. The van der Waals surface area contributed by atoms with Gasteiger partial charge in [0.25, 0.3) is 0 Å². The van der Waals surface area contributed by atoms with Crippen molar-refractivity contribution < 1.29 is 28.0 Å². The van der Waals surface area contributed by atoms with Crippen molar-refractivity contribution in [2.75, 3.05) is 7.11 Å². The summed E-state index contributed by atoms with van der Waals surface area (Å²) in [4.78, 5) is 0. The van der Waals surface area contributed by atoms with Gasteiger partial charge in [0.1, 0.15) is 5.75 Å². The van der Waals surface area contributed by atoms with Gasteiger partial charge in [-0.3, -0.25) is 0 Å². The first kappa shape index (κ1) is 13.8. The molecule has 1 aromatic rings. The normalized spacial score (nSPS) is 10.0. The van der Waals surface area contributed by atoms with Crippen LogP contribution in [-0.2, 0) is 6.18 Å². The van der Waals surface area contributed by atoms with Crippen LogP contribution < -0.4 is 4.74 Å². The van der Waals surface area contributed by atoms with E-state index in [4.69, 9.17) is 10.0 Å². The lowest BCUT2D eigenvalue weighted by atomic mass is 10.2. The van der Waals surface area contributed by atoms with Gasteiger partial charge < -0.3 is 14.8 Å². The van der Waals surface area contributed by atoms with Gasteiger partial charge in [0.05, 0.1) is 12.7 Å². The predicted octanol–water partition coefficient (Wildman–Crippen LogP) is 0.951. The van der Waals surface area contributed by atoms with E-state index in [0.29, 0.717) is 0 Å². The maximum atomic E-state index is 12.0. The van der Waals surface area contributed by atoms with Gasteiger partial charge in [0.2, 0.25) is 0 Å². The maximum Gasteiger partial charge on any atom is 0.432 e. The second-order valence-corrected chi connectivity index (χ2v) is 2.37. The second kappa shape index (κ2) is 6.31. The molecule has 1 aromatic carbocycles. The van der Waals surface area contributed by atoms with Crippen LogP contribution in [0.15, 0.2) is 24.3 Å². The molecule has 0 saturated heterocycles. The summed E-state index contributed by atoms with van der Waals surface area (Å²) in [6, 6.07) is 4.74. The third kappa shape index (κ3) is 5.29. The number of hydrogen-bond acceptors (Lipinski definition) is 3. The Labute approximate surface area is 85.4 Å². The van der Waals surface area contributed by atoms with Crippen molar-refractivity contribution in [1.82, 2.24) is 0 Å². The standard InChI is InChI=1S/C8H7F3O.BH3O2/c1-12-7-4-2-3-6(5-7)8(9,10)11;2-1-3/h2-5H,1H3;1-3H. The lowest BCUT2D eigenvalue weighted by molar-refractivity contribution is -0.137. The van der Waals surface area contributed by atoms with E-state index >= 15 is 0 Å². The third-order valence-corrected chi connectivity index (χ3v) is 1.40. The molecule has 0 aliphatic heterocycles. The number of alkyl halides is 3. The highest BCUT2D eigenvalue weighted by Gasteiger charge is 2.30. The van der Waals surface area contributed by atoms with E-state index in [1.807, 2.05) is 0 Å². The first-order valence-corrected chi connectivity index (χ1v) is 3.88. The predicted molar refractivity (Wildman–Crippen MR) is 49.6 cm³/mol. The zero-order valence-corrected chi connectivity index (χ0v) is 7.95. The van der Waals surface area contributed by atoms with Crippen molar-refractivity contribution in [3.05, 3.63) is 29.8 Å². The molecule has 2 N–H and O–H groups in total. The van der Waals surface area contributed by atoms with Crippen LogP contribution >= 0.6 is 0 Å². The molecule has 0 heterocycles. The van der Waals surface area contributed by atoms with E-state index in [9.17, 15) is 13.2 Å². The molecule has 0 aromatic heterocycles. The van der Waals surface area contributed by atoms with Crippen molar-refractivity contribution in [3.8, 4) is 5.75 Å². The zero-order chi connectivity index (χ0) is 11.9. The highest BCUT2D eigenvalue weighted by Crippen LogP contribution is 2.30. The van der Waals surface area contributed by atoms with Crippen molar-refractivity contribution >= 4 is 7.69 Å². The highest BCUT2D eigenvalue weighted by molar-refractivity contribution is 6.13. The Bertz CT molecular complexity index is 291. The van der Waals surface area contributed by atoms with Crippen molar-refractivity contribution in [3.63, 3.8) is 0 Å². The minimum atomic E-state index is -4.30. The van der Waals surface area contributed by atoms with Crippen LogP contribution in [0.3, 0.4) is 0 Å². The van der Waals surface area contributed by atoms with Crippen LogP contribution in [0, 0.1) is 0 Å². The van der Waals surface area contributed by atoms with Crippen LogP contribution in [0.4, 0.5) is 13.2 Å². The van der Waals surface area contributed by atoms with Gasteiger partial charge in [-0.2, -0.15) is 13.2 Å². The van der Waals surface area contributed by atoms with E-state index in [1.165, 1.54) is 19.2 Å². The molecule has 0 spiro atoms. The summed E-state index contributed by atoms with van der Waals surface area (Å²) in [5, 5.41) is 14.2. The monoisotopic (exact) mass is 222 g/mol. The summed E-state index contributed by atoms with van der Waals surface area (Å²) in [5.41, 5.74) is -0.693. The maximum absolute atomic E-state index is 12.0. The SMILES string of the molecule is COc1cccc(C(F)(F)F)c1.OBO. The molecule has 3 nitrogen and oxygen atoms in total. The van der Waals surface area contributed by atoms with E-state index in [0.717, 1.165) is 12.1 Å². The molecule has 0 saturated carbocycles. The van der Waals surface area contributed by atoms with E-state index in [2.05, 4.69) is 4.74 Å². The summed E-state index contributed by atoms with van der Waals surface area (Å²) in [6.07, 6.45) is -4.30. The van der Waals surface area contributed by atoms with Gasteiger partial charge >= 0.3 is 13.9 Å². The fourth-order valence-corrected chi connectivity index (χ4v) is 0.799. The van der Waals surface area contributed by atoms with Crippen LogP contribution in [0.2, 0.25) is 0 Å². The molecule has 0 atom stereocenters. The first-order valence-electron chi connectivity index (χ1n) is 3.88. The average Bonchev–Trinajstić information content (AvgIpc) is 2.18. The quantitative estimate of drug-likeness (QED) is 0.695. The topological polar surface area (TPSA) is 49.7 Å². The minimum Gasteiger partial charge on any atom is -0.497 e. The lowest BCUT2D eigenvalue weighted by Crippen LogP contribution is -2.04. The molecule has 7 heteroatoms. The van der Waals surface area contributed by atoms with Gasteiger partial charge in [-0.25, -0.2) is 0 Å². The number of methoxy groups -OCH3 is 1. The third-order valence-electron chi connectivity index (χ3n) is 1.40. The molecule has 0 radical (unpaired) electrons. The summed E-state index contributed by atoms with van der Waals surface area (Å²) in [7, 11) is 0.579. The van der Waals surface area contributed by atoms with Crippen LogP contribution in [0.25, 0.3) is 0 Å². The molecule has 0 fully saturated rings. The van der Waals surface area contributed by atoms with E-state index in [-0.39, 0.29) is 5.75 Å². The molecule has 84 valence electrons. The molecular weight excluding hydrogens is 212 g/mol. The Morgan fingerprint density at radius 3 is 2.20 bits per heavy atom. The summed E-state index contributed by atoms with van der Waals surface area (Å²) < 4.78 is 40.8. The molecule has 0 amide bonds. The number of ether oxygens (including phenoxy) is 1. The zero-order valence-electron chi connectivity index (χ0n) is 7.95. The van der Waals surface area contributed by atoms with Crippen LogP contribution in [0.1, 0.15) is 5.56 Å². The number of hydrogen-bond donors (Lipinski definition) is 2. The summed E-state index contributed by atoms with van der Waals surface area (Å²) >= 11 is 0. The van der Waals surface area contributed by atoms with Crippen molar-refractivity contribution in [1.29, 1.82) is 0 Å². The van der Waals surface area contributed by atoms with E-state index < -0.39 is 19.4 Å².